The first kappa shape index (κ1) is 22.8. The van der Waals surface area contributed by atoms with Crippen LogP contribution in [0.4, 0.5) is 0 Å². The topological polar surface area (TPSA) is 154 Å². The molecule has 0 amide bonds. The molecule has 0 bridgehead atoms. The second-order valence-electron chi connectivity index (χ2n) is 8.07. The highest BCUT2D eigenvalue weighted by atomic mass is 16.6. The maximum Gasteiger partial charge on any atom is 0.338 e. The molecular weight excluding hydrogens is 444 g/mol. The fourth-order valence-corrected chi connectivity index (χ4v) is 3.82. The molecule has 9 nitrogen and oxygen atoms in total. The van der Waals surface area contributed by atoms with Gasteiger partial charge in [0.05, 0.1) is 11.1 Å². The third kappa shape index (κ3) is 4.40. The van der Waals surface area contributed by atoms with Crippen LogP contribution in [0.25, 0.3) is 0 Å². The van der Waals surface area contributed by atoms with Gasteiger partial charge in [0.25, 0.3) is 0 Å². The second kappa shape index (κ2) is 8.86. The summed E-state index contributed by atoms with van der Waals surface area (Å²) in [6.07, 6.45) is -1.32. The van der Waals surface area contributed by atoms with Gasteiger partial charge in [-0.05, 0) is 42.3 Å². The van der Waals surface area contributed by atoms with Crippen molar-refractivity contribution in [1.82, 2.24) is 0 Å². The quantitative estimate of drug-likeness (QED) is 0.288. The maximum absolute atomic E-state index is 12.8. The van der Waals surface area contributed by atoms with Crippen LogP contribution in [-0.4, -0.2) is 49.7 Å². The van der Waals surface area contributed by atoms with Crippen LogP contribution in [0.15, 0.2) is 48.5 Å². The largest absolute Gasteiger partial charge is 0.508 e. The molecule has 0 radical (unpaired) electrons. The predicted octanol–water partition coefficient (Wildman–Crippen LogP) is 3.07. The zero-order valence-electron chi connectivity index (χ0n) is 18.1. The van der Waals surface area contributed by atoms with Gasteiger partial charge in [-0.3, -0.25) is 0 Å². The van der Waals surface area contributed by atoms with E-state index in [2.05, 4.69) is 0 Å². The molecule has 0 spiro atoms. The van der Waals surface area contributed by atoms with Crippen LogP contribution < -0.4 is 0 Å². The van der Waals surface area contributed by atoms with Crippen LogP contribution in [0, 0.1) is 6.92 Å². The predicted molar refractivity (Wildman–Crippen MR) is 118 cm³/mol. The summed E-state index contributed by atoms with van der Waals surface area (Å²) in [5.74, 6) is -4.41. The van der Waals surface area contributed by atoms with Gasteiger partial charge in [0.2, 0.25) is 0 Å². The lowest BCUT2D eigenvalue weighted by Gasteiger charge is -2.32. The zero-order valence-corrected chi connectivity index (χ0v) is 18.1. The van der Waals surface area contributed by atoms with Gasteiger partial charge in [-0.1, -0.05) is 24.3 Å². The van der Waals surface area contributed by atoms with Gasteiger partial charge < -0.3 is 35.0 Å². The number of ether oxygens (including phenoxy) is 2. The molecule has 5 N–H and O–H groups in total. The summed E-state index contributed by atoms with van der Waals surface area (Å²) in [6, 6.07) is 11.7. The average molecular weight is 466 g/mol. The summed E-state index contributed by atoms with van der Waals surface area (Å²) >= 11 is 0. The van der Waals surface area contributed by atoms with Crippen molar-refractivity contribution in [2.45, 2.75) is 32.0 Å². The van der Waals surface area contributed by atoms with E-state index in [0.29, 0.717) is 0 Å². The molecule has 34 heavy (non-hydrogen) atoms. The third-order valence-corrected chi connectivity index (χ3v) is 5.79. The van der Waals surface area contributed by atoms with Crippen molar-refractivity contribution in [1.29, 1.82) is 0 Å². The molecule has 0 fully saturated rings. The summed E-state index contributed by atoms with van der Waals surface area (Å²) in [6.45, 7) is 1.49. The normalized spacial score (nSPS) is 17.0. The van der Waals surface area contributed by atoms with Gasteiger partial charge >= 0.3 is 11.9 Å². The number of aromatic hydroxyl groups is 5. The monoisotopic (exact) mass is 466 g/mol. The van der Waals surface area contributed by atoms with E-state index in [1.54, 1.807) is 0 Å². The Balaban J connectivity index is 1.60. The van der Waals surface area contributed by atoms with Crippen LogP contribution in [0.2, 0.25) is 0 Å². The number of hydrogen-bond acceptors (Lipinski definition) is 9. The Hall–Kier alpha value is -4.40. The zero-order chi connectivity index (χ0) is 24.6. The van der Waals surface area contributed by atoms with E-state index in [4.69, 9.17) is 9.47 Å². The summed E-state index contributed by atoms with van der Waals surface area (Å²) < 4.78 is 11.2. The molecule has 3 aromatic carbocycles. The fraction of sp³-hybridized carbons (Fsp3) is 0.200. The highest BCUT2D eigenvalue weighted by Gasteiger charge is 2.35. The Morgan fingerprint density at radius 2 is 1.09 bits per heavy atom. The number of rotatable bonds is 4. The number of fused-ring (bicyclic) bond motifs is 1. The number of phenolic OH excluding ortho intramolecular Hbond substituents is 5. The Labute approximate surface area is 194 Å². The van der Waals surface area contributed by atoms with Crippen LogP contribution in [-0.2, 0) is 22.3 Å². The second-order valence-corrected chi connectivity index (χ2v) is 8.07. The lowest BCUT2D eigenvalue weighted by Crippen LogP contribution is -2.41. The Kier molecular flexibility index (Phi) is 5.93. The van der Waals surface area contributed by atoms with E-state index in [1.165, 1.54) is 19.1 Å². The first-order valence-electron chi connectivity index (χ1n) is 10.4. The van der Waals surface area contributed by atoms with E-state index >= 15 is 0 Å². The van der Waals surface area contributed by atoms with Gasteiger partial charge in [0.15, 0.2) is 17.2 Å². The Morgan fingerprint density at radius 1 is 0.706 bits per heavy atom. The van der Waals surface area contributed by atoms with Crippen LogP contribution in [0.1, 0.15) is 37.4 Å². The van der Waals surface area contributed by atoms with Crippen LogP contribution in [0.3, 0.4) is 0 Å². The number of hydrogen-bond donors (Lipinski definition) is 5. The molecule has 0 aromatic heterocycles. The molecule has 4 rings (SSSR count). The molecule has 0 heterocycles. The number of phenols is 5. The van der Waals surface area contributed by atoms with Gasteiger partial charge in [0.1, 0.15) is 23.7 Å². The number of carbonyl (C=O) groups is 2. The van der Waals surface area contributed by atoms with Crippen LogP contribution >= 0.6 is 0 Å². The number of carbonyl (C=O) groups excluding carboxylic acids is 2. The molecular formula is C25H22O9. The van der Waals surface area contributed by atoms with E-state index in [0.717, 1.165) is 23.3 Å². The average Bonchev–Trinajstić information content (AvgIpc) is 2.80. The van der Waals surface area contributed by atoms with E-state index in [1.807, 2.05) is 24.3 Å². The first-order valence-corrected chi connectivity index (χ1v) is 10.4. The molecule has 1 aliphatic rings. The lowest BCUT2D eigenvalue weighted by atomic mass is 9.87. The molecule has 0 unspecified atom stereocenters. The van der Waals surface area contributed by atoms with E-state index in [-0.39, 0.29) is 41.0 Å². The standard InChI is InChI=1S/C25H22O9/c1-12-17(26)6-15(7-18(12)27)24(31)33-21-10-13-4-2-3-5-14(13)11-22(21)34-25(32)16-8-19(28)23(30)20(29)9-16/h2-9,21-22,26-30H,10-11H2,1H3/t21-,22+/m0/s1. The van der Waals surface area contributed by atoms with E-state index < -0.39 is 41.4 Å². The van der Waals surface area contributed by atoms with Gasteiger partial charge in [-0.15, -0.1) is 0 Å². The van der Waals surface area contributed by atoms with Gasteiger partial charge in [-0.2, -0.15) is 0 Å². The highest BCUT2D eigenvalue weighted by molar-refractivity contribution is 5.92. The maximum atomic E-state index is 12.8. The fourth-order valence-electron chi connectivity index (χ4n) is 3.82. The van der Waals surface area contributed by atoms with Crippen molar-refractivity contribution < 1.29 is 44.6 Å². The van der Waals surface area contributed by atoms with Crippen molar-refractivity contribution in [3.63, 3.8) is 0 Å². The molecule has 176 valence electrons. The summed E-state index contributed by atoms with van der Waals surface area (Å²) in [5, 5.41) is 48.8. The van der Waals surface area contributed by atoms with Gasteiger partial charge in [0, 0.05) is 18.4 Å². The molecule has 0 saturated heterocycles. The van der Waals surface area contributed by atoms with Gasteiger partial charge in [-0.25, -0.2) is 9.59 Å². The van der Waals surface area contributed by atoms with Crippen molar-refractivity contribution in [2.75, 3.05) is 0 Å². The minimum absolute atomic E-state index is 0.0714. The number of esters is 2. The molecule has 2 atom stereocenters. The Morgan fingerprint density at radius 3 is 1.50 bits per heavy atom. The molecule has 0 saturated carbocycles. The minimum atomic E-state index is -0.905. The smallest absolute Gasteiger partial charge is 0.338 e. The first-order chi connectivity index (χ1) is 16.1. The van der Waals surface area contributed by atoms with Crippen molar-refractivity contribution >= 4 is 11.9 Å². The van der Waals surface area contributed by atoms with E-state index in [9.17, 15) is 35.1 Å². The molecule has 3 aromatic rings. The Bertz CT molecular complexity index is 1140. The SMILES string of the molecule is Cc1c(O)cc(C(=O)O[C@H]2Cc3ccccc3C[C@H]2OC(=O)c2cc(O)c(O)c(O)c2)cc1O. The number of benzene rings is 3. The minimum Gasteiger partial charge on any atom is -0.508 e. The molecule has 9 heteroatoms. The molecule has 1 aliphatic carbocycles. The summed E-state index contributed by atoms with van der Waals surface area (Å²) in [4.78, 5) is 25.5. The van der Waals surface area contributed by atoms with Crippen molar-refractivity contribution in [3.05, 3.63) is 76.3 Å². The summed E-state index contributed by atoms with van der Waals surface area (Å²) in [5.41, 5.74) is 1.75. The van der Waals surface area contributed by atoms with Crippen molar-refractivity contribution in [3.8, 4) is 28.7 Å². The van der Waals surface area contributed by atoms with Crippen LogP contribution in [0.5, 0.6) is 28.7 Å². The molecule has 0 aliphatic heterocycles. The highest BCUT2D eigenvalue weighted by Crippen LogP contribution is 2.36. The lowest BCUT2D eigenvalue weighted by molar-refractivity contribution is -0.0389. The van der Waals surface area contributed by atoms with Crippen molar-refractivity contribution in [2.24, 2.45) is 0 Å². The third-order valence-electron chi connectivity index (χ3n) is 5.79. The summed E-state index contributed by atoms with van der Waals surface area (Å²) in [7, 11) is 0.